The van der Waals surface area contributed by atoms with Gasteiger partial charge in [-0.15, -0.1) is 6.58 Å². The Bertz CT molecular complexity index is 432. The van der Waals surface area contributed by atoms with Gasteiger partial charge in [-0.2, -0.15) is 0 Å². The molecule has 4 nitrogen and oxygen atoms in total. The van der Waals surface area contributed by atoms with Gasteiger partial charge < -0.3 is 15.4 Å². The fraction of sp³-hybridized carbons (Fsp3) is 0.438. The Kier molecular flexibility index (Phi) is 8.68. The minimum Gasteiger partial charge on any atom is -0.494 e. The van der Waals surface area contributed by atoms with Crippen LogP contribution in [0.15, 0.2) is 41.9 Å². The van der Waals surface area contributed by atoms with Crippen molar-refractivity contribution in [2.24, 2.45) is 4.99 Å². The molecule has 0 fully saturated rings. The molecule has 0 atom stereocenters. The summed E-state index contributed by atoms with van der Waals surface area (Å²) in [7, 11) is 0. The van der Waals surface area contributed by atoms with E-state index in [-0.39, 0.29) is 5.82 Å². The molecule has 5 heteroatoms. The van der Waals surface area contributed by atoms with Crippen molar-refractivity contribution in [3.63, 3.8) is 0 Å². The molecule has 0 aliphatic carbocycles. The first-order valence-corrected chi connectivity index (χ1v) is 7.27. The van der Waals surface area contributed by atoms with Crippen molar-refractivity contribution in [3.05, 3.63) is 42.7 Å². The molecule has 1 aromatic rings. The van der Waals surface area contributed by atoms with Crippen LogP contribution in [0.2, 0.25) is 0 Å². The van der Waals surface area contributed by atoms with Gasteiger partial charge in [0.25, 0.3) is 0 Å². The quantitative estimate of drug-likeness (QED) is 0.318. The SMILES string of the molecule is C=CCNC(=NCCCCOc1ccc(F)cc1)NCC. The highest BCUT2D eigenvalue weighted by Crippen LogP contribution is 2.11. The van der Waals surface area contributed by atoms with E-state index in [1.807, 2.05) is 6.92 Å². The third-order valence-corrected chi connectivity index (χ3v) is 2.66. The average molecular weight is 293 g/mol. The Morgan fingerprint density at radius 1 is 1.29 bits per heavy atom. The van der Waals surface area contributed by atoms with E-state index in [9.17, 15) is 4.39 Å². The highest BCUT2D eigenvalue weighted by Gasteiger charge is 1.96. The van der Waals surface area contributed by atoms with E-state index < -0.39 is 0 Å². The molecule has 0 spiro atoms. The minimum absolute atomic E-state index is 0.250. The molecule has 1 rings (SSSR count). The van der Waals surface area contributed by atoms with E-state index in [4.69, 9.17) is 4.74 Å². The van der Waals surface area contributed by atoms with E-state index in [1.54, 1.807) is 18.2 Å². The lowest BCUT2D eigenvalue weighted by molar-refractivity contribution is 0.307. The number of guanidine groups is 1. The number of hydrogen-bond acceptors (Lipinski definition) is 2. The molecule has 1 aromatic carbocycles. The Balaban J connectivity index is 2.17. The van der Waals surface area contributed by atoms with Gasteiger partial charge in [0.1, 0.15) is 11.6 Å². The smallest absolute Gasteiger partial charge is 0.191 e. The van der Waals surface area contributed by atoms with Gasteiger partial charge in [-0.25, -0.2) is 4.39 Å². The Morgan fingerprint density at radius 2 is 2.05 bits per heavy atom. The molecule has 0 aromatic heterocycles. The first kappa shape index (κ1) is 17.0. The molecule has 0 unspecified atom stereocenters. The lowest BCUT2D eigenvalue weighted by Crippen LogP contribution is -2.37. The summed E-state index contributed by atoms with van der Waals surface area (Å²) in [5.74, 6) is 1.25. The van der Waals surface area contributed by atoms with Crippen molar-refractivity contribution in [2.45, 2.75) is 19.8 Å². The summed E-state index contributed by atoms with van der Waals surface area (Å²) >= 11 is 0. The fourth-order valence-corrected chi connectivity index (χ4v) is 1.64. The van der Waals surface area contributed by atoms with Crippen molar-refractivity contribution >= 4 is 5.96 Å². The van der Waals surface area contributed by atoms with Crippen LogP contribution in [-0.4, -0.2) is 32.2 Å². The Hall–Kier alpha value is -2.04. The largest absolute Gasteiger partial charge is 0.494 e. The molecule has 0 aliphatic heterocycles. The molecule has 116 valence electrons. The minimum atomic E-state index is -0.250. The predicted octanol–water partition coefficient (Wildman–Crippen LogP) is 2.73. The zero-order valence-electron chi connectivity index (χ0n) is 12.6. The molecule has 0 heterocycles. The van der Waals surface area contributed by atoms with Crippen molar-refractivity contribution in [1.29, 1.82) is 0 Å². The summed E-state index contributed by atoms with van der Waals surface area (Å²) in [6.45, 7) is 8.56. The zero-order chi connectivity index (χ0) is 15.3. The van der Waals surface area contributed by atoms with E-state index >= 15 is 0 Å². The molecule has 21 heavy (non-hydrogen) atoms. The molecule has 2 N–H and O–H groups in total. The van der Waals surface area contributed by atoms with Gasteiger partial charge in [0.05, 0.1) is 6.61 Å². The molecule has 0 saturated carbocycles. The standard InChI is InChI=1S/C16H24FN3O/c1-3-11-19-16(18-4-2)20-12-5-6-13-21-15-9-7-14(17)8-10-15/h3,7-10H,1,4-6,11-13H2,2H3,(H2,18,19,20). The Morgan fingerprint density at radius 3 is 2.71 bits per heavy atom. The van der Waals surface area contributed by atoms with Crippen molar-refractivity contribution < 1.29 is 9.13 Å². The summed E-state index contributed by atoms with van der Waals surface area (Å²) in [6, 6.07) is 6.06. The van der Waals surface area contributed by atoms with Crippen LogP contribution in [0.4, 0.5) is 4.39 Å². The third-order valence-electron chi connectivity index (χ3n) is 2.66. The maximum absolute atomic E-state index is 12.7. The van der Waals surface area contributed by atoms with Crippen molar-refractivity contribution in [3.8, 4) is 5.75 Å². The number of nitrogens with zero attached hydrogens (tertiary/aromatic N) is 1. The van der Waals surface area contributed by atoms with Gasteiger partial charge in [-0.3, -0.25) is 4.99 Å². The fourth-order valence-electron chi connectivity index (χ4n) is 1.64. The van der Waals surface area contributed by atoms with Crippen LogP contribution in [-0.2, 0) is 0 Å². The molecular formula is C16H24FN3O. The Labute approximate surface area is 126 Å². The van der Waals surface area contributed by atoms with Crippen molar-refractivity contribution in [1.82, 2.24) is 10.6 Å². The number of halogens is 1. The van der Waals surface area contributed by atoms with E-state index in [2.05, 4.69) is 22.2 Å². The number of aliphatic imine (C=N–C) groups is 1. The lowest BCUT2D eigenvalue weighted by atomic mass is 10.3. The highest BCUT2D eigenvalue weighted by molar-refractivity contribution is 5.79. The number of benzene rings is 1. The summed E-state index contributed by atoms with van der Waals surface area (Å²) in [5, 5.41) is 6.31. The number of unbranched alkanes of at least 4 members (excludes halogenated alkanes) is 1. The van der Waals surface area contributed by atoms with Crippen LogP contribution in [0.1, 0.15) is 19.8 Å². The molecule has 0 amide bonds. The van der Waals surface area contributed by atoms with Gasteiger partial charge in [0.2, 0.25) is 0 Å². The normalized spacial score (nSPS) is 11.0. The van der Waals surface area contributed by atoms with Crippen LogP contribution >= 0.6 is 0 Å². The van der Waals surface area contributed by atoms with Gasteiger partial charge in [-0.05, 0) is 44.0 Å². The van der Waals surface area contributed by atoms with Crippen LogP contribution in [0.25, 0.3) is 0 Å². The predicted molar refractivity (Wildman–Crippen MR) is 85.3 cm³/mol. The highest BCUT2D eigenvalue weighted by atomic mass is 19.1. The first-order valence-electron chi connectivity index (χ1n) is 7.27. The monoisotopic (exact) mass is 293 g/mol. The van der Waals surface area contributed by atoms with Gasteiger partial charge in [0.15, 0.2) is 5.96 Å². The topological polar surface area (TPSA) is 45.7 Å². The second-order valence-corrected chi connectivity index (χ2v) is 4.44. The number of rotatable bonds is 9. The molecule has 0 saturated heterocycles. The third kappa shape index (κ3) is 7.97. The summed E-state index contributed by atoms with van der Waals surface area (Å²) in [5.41, 5.74) is 0. The summed E-state index contributed by atoms with van der Waals surface area (Å²) in [4.78, 5) is 4.45. The second kappa shape index (κ2) is 10.7. The first-order chi connectivity index (χ1) is 10.3. The molecular weight excluding hydrogens is 269 g/mol. The van der Waals surface area contributed by atoms with E-state index in [1.165, 1.54) is 12.1 Å². The van der Waals surface area contributed by atoms with Crippen molar-refractivity contribution in [2.75, 3.05) is 26.2 Å². The van der Waals surface area contributed by atoms with Gasteiger partial charge in [-0.1, -0.05) is 6.08 Å². The maximum Gasteiger partial charge on any atom is 0.191 e. The van der Waals surface area contributed by atoms with Gasteiger partial charge in [0, 0.05) is 19.6 Å². The van der Waals surface area contributed by atoms with Crippen LogP contribution in [0, 0.1) is 5.82 Å². The lowest BCUT2D eigenvalue weighted by Gasteiger charge is -2.09. The van der Waals surface area contributed by atoms with Crippen LogP contribution < -0.4 is 15.4 Å². The maximum atomic E-state index is 12.7. The number of ether oxygens (including phenoxy) is 1. The van der Waals surface area contributed by atoms with Crippen LogP contribution in [0.5, 0.6) is 5.75 Å². The molecule has 0 bridgehead atoms. The van der Waals surface area contributed by atoms with Gasteiger partial charge >= 0.3 is 0 Å². The second-order valence-electron chi connectivity index (χ2n) is 4.44. The summed E-state index contributed by atoms with van der Waals surface area (Å²) < 4.78 is 18.2. The van der Waals surface area contributed by atoms with Crippen LogP contribution in [0.3, 0.4) is 0 Å². The zero-order valence-corrected chi connectivity index (χ0v) is 12.6. The molecule has 0 aliphatic rings. The summed E-state index contributed by atoms with van der Waals surface area (Å²) in [6.07, 6.45) is 3.64. The number of hydrogen-bond donors (Lipinski definition) is 2. The molecule has 0 radical (unpaired) electrons. The number of nitrogens with one attached hydrogen (secondary N) is 2. The van der Waals surface area contributed by atoms with E-state index in [0.29, 0.717) is 18.9 Å². The average Bonchev–Trinajstić information content (AvgIpc) is 2.50. The van der Waals surface area contributed by atoms with E-state index in [0.717, 1.165) is 31.9 Å².